The zero-order chi connectivity index (χ0) is 15.1. The maximum absolute atomic E-state index is 9.87. The summed E-state index contributed by atoms with van der Waals surface area (Å²) in [6.45, 7) is 1.10. The van der Waals surface area contributed by atoms with Crippen molar-refractivity contribution in [2.75, 3.05) is 13.2 Å². The second kappa shape index (κ2) is 8.02. The number of halogens is 1. The van der Waals surface area contributed by atoms with Crippen LogP contribution < -0.4 is 10.1 Å². The number of aromatic hydroxyl groups is 1. The lowest BCUT2D eigenvalue weighted by Gasteiger charge is -2.14. The van der Waals surface area contributed by atoms with Gasteiger partial charge in [0.1, 0.15) is 24.2 Å². The van der Waals surface area contributed by atoms with Crippen molar-refractivity contribution in [1.82, 2.24) is 5.32 Å². The number of aliphatic hydroxyl groups excluding tert-OH is 1. The molecule has 3 N–H and O–H groups in total. The summed E-state index contributed by atoms with van der Waals surface area (Å²) in [5.74, 6) is 0.967. The Labute approximate surface area is 132 Å². The van der Waals surface area contributed by atoms with Crippen molar-refractivity contribution in [2.24, 2.45) is 0 Å². The zero-order valence-electron chi connectivity index (χ0n) is 11.5. The number of hydrogen-bond acceptors (Lipinski definition) is 4. The maximum atomic E-state index is 9.87. The molecule has 0 saturated heterocycles. The van der Waals surface area contributed by atoms with Gasteiger partial charge in [-0.3, -0.25) is 0 Å². The maximum Gasteiger partial charge on any atom is 0.120 e. The minimum atomic E-state index is -0.616. The highest BCUT2D eigenvalue weighted by Crippen LogP contribution is 2.18. The lowest BCUT2D eigenvalue weighted by Crippen LogP contribution is -2.31. The Balaban J connectivity index is 1.70. The van der Waals surface area contributed by atoms with Gasteiger partial charge in [-0.1, -0.05) is 40.2 Å². The average molecular weight is 352 g/mol. The third-order valence-electron chi connectivity index (χ3n) is 2.93. The van der Waals surface area contributed by atoms with Crippen LogP contribution in [0.25, 0.3) is 0 Å². The Hall–Kier alpha value is -1.56. The van der Waals surface area contributed by atoms with Crippen LogP contribution in [0.2, 0.25) is 0 Å². The first kappa shape index (κ1) is 15.8. The summed E-state index contributed by atoms with van der Waals surface area (Å²) in [6, 6.07) is 14.6. The van der Waals surface area contributed by atoms with Crippen molar-refractivity contribution in [3.05, 3.63) is 58.6 Å². The number of nitrogens with one attached hydrogen (secondary N) is 1. The zero-order valence-corrected chi connectivity index (χ0v) is 13.1. The van der Waals surface area contributed by atoms with Crippen LogP contribution in [0.15, 0.2) is 53.0 Å². The molecule has 1 unspecified atom stereocenters. The Kier molecular flexibility index (Phi) is 6.04. The van der Waals surface area contributed by atoms with E-state index in [-0.39, 0.29) is 12.4 Å². The number of ether oxygens (including phenoxy) is 1. The molecule has 2 aromatic carbocycles. The molecule has 0 heterocycles. The Morgan fingerprint density at radius 2 is 1.95 bits per heavy atom. The van der Waals surface area contributed by atoms with Crippen LogP contribution in [0.4, 0.5) is 0 Å². The first-order valence-corrected chi connectivity index (χ1v) is 7.48. The number of para-hydroxylation sites is 1. The largest absolute Gasteiger partial charge is 0.508 e. The number of hydrogen-bond donors (Lipinski definition) is 3. The highest BCUT2D eigenvalue weighted by Gasteiger charge is 2.06. The van der Waals surface area contributed by atoms with Crippen LogP contribution in [0, 0.1) is 0 Å². The molecule has 21 heavy (non-hydrogen) atoms. The van der Waals surface area contributed by atoms with Crippen LogP contribution in [0.5, 0.6) is 11.5 Å². The van der Waals surface area contributed by atoms with Gasteiger partial charge < -0.3 is 20.3 Å². The molecule has 0 aromatic heterocycles. The third kappa shape index (κ3) is 5.38. The first-order valence-electron chi connectivity index (χ1n) is 6.69. The van der Waals surface area contributed by atoms with E-state index in [1.807, 2.05) is 36.4 Å². The average Bonchev–Trinajstić information content (AvgIpc) is 2.47. The van der Waals surface area contributed by atoms with Gasteiger partial charge in [-0.05, 0) is 24.3 Å². The quantitative estimate of drug-likeness (QED) is 0.717. The van der Waals surface area contributed by atoms with Crippen molar-refractivity contribution >= 4 is 15.9 Å². The third-order valence-corrected chi connectivity index (χ3v) is 3.42. The van der Waals surface area contributed by atoms with E-state index < -0.39 is 6.10 Å². The summed E-state index contributed by atoms with van der Waals surface area (Å²) >= 11 is 3.37. The summed E-state index contributed by atoms with van der Waals surface area (Å²) in [5, 5.41) is 22.6. The van der Waals surface area contributed by atoms with Crippen LogP contribution in [-0.2, 0) is 6.54 Å². The molecule has 2 rings (SSSR count). The van der Waals surface area contributed by atoms with Gasteiger partial charge in [0.05, 0.1) is 0 Å². The second-order valence-electron chi connectivity index (χ2n) is 4.68. The smallest absolute Gasteiger partial charge is 0.120 e. The lowest BCUT2D eigenvalue weighted by atomic mass is 10.2. The summed E-state index contributed by atoms with van der Waals surface area (Å²) in [7, 11) is 0. The van der Waals surface area contributed by atoms with E-state index in [0.717, 1.165) is 10.0 Å². The second-order valence-corrected chi connectivity index (χ2v) is 5.60. The number of aliphatic hydroxyl groups is 1. The summed E-state index contributed by atoms with van der Waals surface area (Å²) in [6.07, 6.45) is -0.616. The molecule has 0 radical (unpaired) electrons. The van der Waals surface area contributed by atoms with Crippen LogP contribution in [0.1, 0.15) is 5.56 Å². The van der Waals surface area contributed by atoms with E-state index in [1.165, 1.54) is 0 Å². The molecule has 0 amide bonds. The monoisotopic (exact) mass is 351 g/mol. The Morgan fingerprint density at radius 1 is 1.14 bits per heavy atom. The topological polar surface area (TPSA) is 61.7 Å². The molecule has 0 fully saturated rings. The van der Waals surface area contributed by atoms with Gasteiger partial charge in [0.25, 0.3) is 0 Å². The van der Waals surface area contributed by atoms with Gasteiger partial charge in [0.2, 0.25) is 0 Å². The van der Waals surface area contributed by atoms with Gasteiger partial charge in [-0.15, -0.1) is 0 Å². The number of phenolic OH excluding ortho intramolecular Hbond substituents is 1. The summed E-state index contributed by atoms with van der Waals surface area (Å²) in [4.78, 5) is 0. The fraction of sp³-hybridized carbons (Fsp3) is 0.250. The summed E-state index contributed by atoms with van der Waals surface area (Å²) < 4.78 is 6.44. The fourth-order valence-electron chi connectivity index (χ4n) is 1.84. The van der Waals surface area contributed by atoms with E-state index >= 15 is 0 Å². The summed E-state index contributed by atoms with van der Waals surface area (Å²) in [5.41, 5.74) is 0.803. The number of phenols is 1. The minimum Gasteiger partial charge on any atom is -0.508 e. The SMILES string of the molecule is Oc1ccccc1CNCC(O)COc1cccc(Br)c1. The molecule has 4 nitrogen and oxygen atoms in total. The molecule has 0 aliphatic rings. The van der Waals surface area contributed by atoms with Crippen molar-refractivity contribution in [3.63, 3.8) is 0 Å². The standard InChI is InChI=1S/C16H18BrNO3/c17-13-5-3-6-15(8-13)21-11-14(19)10-18-9-12-4-1-2-7-16(12)20/h1-8,14,18-20H,9-11H2. The molecule has 0 aliphatic heterocycles. The Bertz CT molecular complexity index is 577. The lowest BCUT2D eigenvalue weighted by molar-refractivity contribution is 0.106. The highest BCUT2D eigenvalue weighted by atomic mass is 79.9. The molecule has 0 bridgehead atoms. The van der Waals surface area contributed by atoms with Gasteiger partial charge >= 0.3 is 0 Å². The molecule has 0 saturated carbocycles. The molecule has 0 spiro atoms. The molecule has 1 atom stereocenters. The van der Waals surface area contributed by atoms with Crippen LogP contribution in [0.3, 0.4) is 0 Å². The van der Waals surface area contributed by atoms with E-state index in [9.17, 15) is 10.2 Å². The predicted molar refractivity (Wildman–Crippen MR) is 85.5 cm³/mol. The Morgan fingerprint density at radius 3 is 2.71 bits per heavy atom. The molecular formula is C16H18BrNO3. The normalized spacial score (nSPS) is 12.1. The van der Waals surface area contributed by atoms with Gasteiger partial charge in [-0.25, -0.2) is 0 Å². The highest BCUT2D eigenvalue weighted by molar-refractivity contribution is 9.10. The van der Waals surface area contributed by atoms with E-state index in [0.29, 0.717) is 18.8 Å². The molecule has 2 aromatic rings. The van der Waals surface area contributed by atoms with E-state index in [2.05, 4.69) is 21.2 Å². The predicted octanol–water partition coefficient (Wildman–Crippen LogP) is 2.68. The molecule has 0 aliphatic carbocycles. The molecule has 5 heteroatoms. The van der Waals surface area contributed by atoms with Crippen LogP contribution >= 0.6 is 15.9 Å². The van der Waals surface area contributed by atoms with Crippen molar-refractivity contribution in [2.45, 2.75) is 12.6 Å². The van der Waals surface area contributed by atoms with Crippen molar-refractivity contribution in [1.29, 1.82) is 0 Å². The molecular weight excluding hydrogens is 334 g/mol. The number of rotatable bonds is 7. The van der Waals surface area contributed by atoms with Crippen molar-refractivity contribution in [3.8, 4) is 11.5 Å². The first-order chi connectivity index (χ1) is 10.1. The molecule has 112 valence electrons. The minimum absolute atomic E-state index is 0.213. The number of benzene rings is 2. The van der Waals surface area contributed by atoms with Crippen molar-refractivity contribution < 1.29 is 14.9 Å². The van der Waals surface area contributed by atoms with Gasteiger partial charge in [-0.2, -0.15) is 0 Å². The fourth-order valence-corrected chi connectivity index (χ4v) is 2.22. The van der Waals surface area contributed by atoms with Gasteiger partial charge in [0.15, 0.2) is 0 Å². The van der Waals surface area contributed by atoms with Gasteiger partial charge in [0, 0.05) is 23.1 Å². The van der Waals surface area contributed by atoms with E-state index in [4.69, 9.17) is 4.74 Å². The van der Waals surface area contributed by atoms with E-state index in [1.54, 1.807) is 12.1 Å². The van der Waals surface area contributed by atoms with Crippen LogP contribution in [-0.4, -0.2) is 29.5 Å².